The Bertz CT molecular complexity index is 518. The fourth-order valence-electron chi connectivity index (χ4n) is 2.22. The molecule has 2 amide bonds. The first-order valence-corrected chi connectivity index (χ1v) is 6.56. The highest BCUT2D eigenvalue weighted by Crippen LogP contribution is 2.20. The van der Waals surface area contributed by atoms with Crippen molar-refractivity contribution in [3.63, 3.8) is 0 Å². The molecule has 0 aromatic heterocycles. The molecule has 0 aliphatic carbocycles. The minimum absolute atomic E-state index is 0.0293. The van der Waals surface area contributed by atoms with Gasteiger partial charge < -0.3 is 15.5 Å². The van der Waals surface area contributed by atoms with Crippen LogP contribution in [0.1, 0.15) is 11.1 Å². The maximum Gasteiger partial charge on any atom is 0.317 e. The average Bonchev–Trinajstić information content (AvgIpc) is 2.81. The molecule has 0 saturated carbocycles. The molecule has 1 heterocycles. The Kier molecular flexibility index (Phi) is 4.52. The zero-order valence-corrected chi connectivity index (χ0v) is 11.4. The summed E-state index contributed by atoms with van der Waals surface area (Å²) in [6.07, 6.45) is 0. The second kappa shape index (κ2) is 6.33. The van der Waals surface area contributed by atoms with E-state index in [2.05, 4.69) is 10.6 Å². The van der Waals surface area contributed by atoms with Crippen LogP contribution in [0.4, 0.5) is 10.5 Å². The van der Waals surface area contributed by atoms with E-state index >= 15 is 0 Å². The van der Waals surface area contributed by atoms with Gasteiger partial charge >= 0.3 is 6.03 Å². The predicted molar refractivity (Wildman–Crippen MR) is 74.5 cm³/mol. The van der Waals surface area contributed by atoms with Crippen LogP contribution in [0.15, 0.2) is 18.2 Å². The molecule has 108 valence electrons. The third-order valence-corrected chi connectivity index (χ3v) is 3.43. The maximum absolute atomic E-state index is 11.3. The standard InChI is InChI=1S/C13H18N4O3/c1-10-11(3-2-4-12(10)17(19)20)9-14-5-7-16-8-6-15-13(16)18/h2-4,14H,5-9H2,1H3,(H,15,18). The molecule has 2 N–H and O–H groups in total. The van der Waals surface area contributed by atoms with E-state index in [-0.39, 0.29) is 16.6 Å². The Labute approximate surface area is 117 Å². The van der Waals surface area contributed by atoms with Crippen molar-refractivity contribution in [3.05, 3.63) is 39.4 Å². The van der Waals surface area contributed by atoms with Gasteiger partial charge in [-0.2, -0.15) is 0 Å². The van der Waals surface area contributed by atoms with Gasteiger partial charge in [0.1, 0.15) is 0 Å². The van der Waals surface area contributed by atoms with E-state index in [1.54, 1.807) is 17.9 Å². The number of nitrogens with zero attached hydrogens (tertiary/aromatic N) is 2. The van der Waals surface area contributed by atoms with Gasteiger partial charge in [-0.3, -0.25) is 10.1 Å². The van der Waals surface area contributed by atoms with Crippen LogP contribution in [0.5, 0.6) is 0 Å². The molecule has 7 nitrogen and oxygen atoms in total. The Morgan fingerprint density at radius 3 is 2.95 bits per heavy atom. The lowest BCUT2D eigenvalue weighted by Gasteiger charge is -2.14. The summed E-state index contributed by atoms with van der Waals surface area (Å²) in [5.74, 6) is 0. The van der Waals surface area contributed by atoms with Crippen molar-refractivity contribution < 1.29 is 9.72 Å². The molecule has 0 unspecified atom stereocenters. The SMILES string of the molecule is Cc1c(CNCCN2CCNC2=O)cccc1[N+](=O)[O-]. The van der Waals surface area contributed by atoms with E-state index in [4.69, 9.17) is 0 Å². The van der Waals surface area contributed by atoms with Crippen LogP contribution in [0.3, 0.4) is 0 Å². The first-order chi connectivity index (χ1) is 9.59. The average molecular weight is 278 g/mol. The van der Waals surface area contributed by atoms with Gasteiger partial charge in [-0.1, -0.05) is 12.1 Å². The first-order valence-electron chi connectivity index (χ1n) is 6.56. The summed E-state index contributed by atoms with van der Waals surface area (Å²) >= 11 is 0. The highest BCUT2D eigenvalue weighted by Gasteiger charge is 2.18. The maximum atomic E-state index is 11.3. The summed E-state index contributed by atoms with van der Waals surface area (Å²) in [6.45, 7) is 5.04. The van der Waals surface area contributed by atoms with Gasteiger partial charge in [-0.25, -0.2) is 4.79 Å². The predicted octanol–water partition coefficient (Wildman–Crippen LogP) is 1.02. The summed E-state index contributed by atoms with van der Waals surface area (Å²) < 4.78 is 0. The zero-order chi connectivity index (χ0) is 14.5. The van der Waals surface area contributed by atoms with Crippen LogP contribution < -0.4 is 10.6 Å². The molecule has 1 aliphatic rings. The van der Waals surface area contributed by atoms with Gasteiger partial charge in [0.2, 0.25) is 0 Å². The van der Waals surface area contributed by atoms with Crippen molar-refractivity contribution in [1.82, 2.24) is 15.5 Å². The zero-order valence-electron chi connectivity index (χ0n) is 11.4. The van der Waals surface area contributed by atoms with Crippen LogP contribution in [0, 0.1) is 17.0 Å². The van der Waals surface area contributed by atoms with E-state index < -0.39 is 0 Å². The molecule has 1 fully saturated rings. The normalized spacial score (nSPS) is 14.4. The number of urea groups is 1. The smallest absolute Gasteiger partial charge is 0.317 e. The summed E-state index contributed by atoms with van der Waals surface area (Å²) in [6, 6.07) is 5.04. The molecule has 0 atom stereocenters. The number of nitro groups is 1. The van der Waals surface area contributed by atoms with Crippen LogP contribution in [-0.4, -0.2) is 42.0 Å². The monoisotopic (exact) mass is 278 g/mol. The number of benzene rings is 1. The summed E-state index contributed by atoms with van der Waals surface area (Å²) in [5, 5.41) is 16.8. The summed E-state index contributed by atoms with van der Waals surface area (Å²) in [5.41, 5.74) is 1.73. The molecule has 0 bridgehead atoms. The Hall–Kier alpha value is -2.15. The molecular weight excluding hydrogens is 260 g/mol. The highest BCUT2D eigenvalue weighted by molar-refractivity contribution is 5.76. The fraction of sp³-hybridized carbons (Fsp3) is 0.462. The number of amides is 2. The van der Waals surface area contributed by atoms with Gasteiger partial charge in [0, 0.05) is 44.4 Å². The first kappa shape index (κ1) is 14.3. The van der Waals surface area contributed by atoms with E-state index in [1.165, 1.54) is 6.07 Å². The number of carbonyl (C=O) groups excluding carboxylic acids is 1. The van der Waals surface area contributed by atoms with Gasteiger partial charge in [0.25, 0.3) is 5.69 Å². The Morgan fingerprint density at radius 1 is 1.50 bits per heavy atom. The second-order valence-electron chi connectivity index (χ2n) is 4.71. The van der Waals surface area contributed by atoms with E-state index in [1.807, 2.05) is 6.07 Å². The van der Waals surface area contributed by atoms with Crippen LogP contribution in [0.2, 0.25) is 0 Å². The van der Waals surface area contributed by atoms with Gasteiger partial charge in [0.05, 0.1) is 4.92 Å². The largest absolute Gasteiger partial charge is 0.336 e. The third-order valence-electron chi connectivity index (χ3n) is 3.43. The number of carbonyl (C=O) groups is 1. The Morgan fingerprint density at radius 2 is 2.30 bits per heavy atom. The minimum Gasteiger partial charge on any atom is -0.336 e. The molecule has 0 radical (unpaired) electrons. The molecule has 0 spiro atoms. The molecule has 2 rings (SSSR count). The number of hydrogen-bond acceptors (Lipinski definition) is 4. The van der Waals surface area contributed by atoms with E-state index in [9.17, 15) is 14.9 Å². The Balaban J connectivity index is 1.83. The quantitative estimate of drug-likeness (QED) is 0.462. The molecule has 1 aromatic carbocycles. The lowest BCUT2D eigenvalue weighted by atomic mass is 10.1. The molecule has 1 saturated heterocycles. The van der Waals surface area contributed by atoms with Crippen molar-refractivity contribution >= 4 is 11.7 Å². The minimum atomic E-state index is -0.368. The van der Waals surface area contributed by atoms with Gasteiger partial charge in [-0.05, 0) is 12.5 Å². The lowest BCUT2D eigenvalue weighted by molar-refractivity contribution is -0.385. The summed E-state index contributed by atoms with van der Waals surface area (Å²) in [7, 11) is 0. The topological polar surface area (TPSA) is 87.5 Å². The van der Waals surface area contributed by atoms with Crippen molar-refractivity contribution in [1.29, 1.82) is 0 Å². The van der Waals surface area contributed by atoms with Crippen molar-refractivity contribution in [2.75, 3.05) is 26.2 Å². The van der Waals surface area contributed by atoms with Crippen LogP contribution in [0.25, 0.3) is 0 Å². The van der Waals surface area contributed by atoms with Crippen molar-refractivity contribution in [2.45, 2.75) is 13.5 Å². The lowest BCUT2D eigenvalue weighted by Crippen LogP contribution is -2.34. The second-order valence-corrected chi connectivity index (χ2v) is 4.71. The van der Waals surface area contributed by atoms with Gasteiger partial charge in [-0.15, -0.1) is 0 Å². The third kappa shape index (κ3) is 3.24. The van der Waals surface area contributed by atoms with Crippen LogP contribution in [-0.2, 0) is 6.54 Å². The number of rotatable bonds is 6. The number of hydrogen-bond donors (Lipinski definition) is 2. The number of nitro benzene ring substituents is 1. The van der Waals surface area contributed by atoms with E-state index in [0.29, 0.717) is 31.7 Å². The van der Waals surface area contributed by atoms with Crippen molar-refractivity contribution in [2.24, 2.45) is 0 Å². The molecular formula is C13H18N4O3. The van der Waals surface area contributed by atoms with E-state index in [0.717, 1.165) is 12.1 Å². The molecule has 1 aromatic rings. The van der Waals surface area contributed by atoms with Crippen LogP contribution >= 0.6 is 0 Å². The number of nitrogens with one attached hydrogen (secondary N) is 2. The molecule has 1 aliphatic heterocycles. The molecule has 20 heavy (non-hydrogen) atoms. The molecule has 7 heteroatoms. The fourth-order valence-corrected chi connectivity index (χ4v) is 2.22. The summed E-state index contributed by atoms with van der Waals surface area (Å²) in [4.78, 5) is 23.5. The van der Waals surface area contributed by atoms with Gasteiger partial charge in [0.15, 0.2) is 0 Å². The van der Waals surface area contributed by atoms with Crippen molar-refractivity contribution in [3.8, 4) is 0 Å². The highest BCUT2D eigenvalue weighted by atomic mass is 16.6.